The average Bonchev–Trinajstić information content (AvgIpc) is 2.76. The number of para-hydroxylation sites is 1. The highest BCUT2D eigenvalue weighted by molar-refractivity contribution is 6.08. The van der Waals surface area contributed by atoms with E-state index >= 15 is 0 Å². The quantitative estimate of drug-likeness (QED) is 0.616. The number of benzene rings is 1. The molecule has 2 heterocycles. The maximum atomic E-state index is 4.47. The molecule has 98 valence electrons. The SMILES string of the molecule is CCCCCn1c2ccccc2c2ccnc(C)c21. The number of rotatable bonds is 4. The Kier molecular flexibility index (Phi) is 3.24. The molecule has 3 rings (SSSR count). The van der Waals surface area contributed by atoms with Crippen molar-refractivity contribution in [1.29, 1.82) is 0 Å². The smallest absolute Gasteiger partial charge is 0.0707 e. The topological polar surface area (TPSA) is 17.8 Å². The van der Waals surface area contributed by atoms with Crippen LogP contribution in [-0.4, -0.2) is 9.55 Å². The summed E-state index contributed by atoms with van der Waals surface area (Å²) in [7, 11) is 0. The summed E-state index contributed by atoms with van der Waals surface area (Å²) in [5.41, 5.74) is 3.77. The Hall–Kier alpha value is -1.83. The molecule has 0 aliphatic heterocycles. The van der Waals surface area contributed by atoms with Crippen LogP contribution in [0.2, 0.25) is 0 Å². The number of hydrogen-bond acceptors (Lipinski definition) is 1. The highest BCUT2D eigenvalue weighted by Crippen LogP contribution is 2.30. The largest absolute Gasteiger partial charge is 0.339 e. The van der Waals surface area contributed by atoms with Crippen LogP contribution in [0.15, 0.2) is 36.5 Å². The van der Waals surface area contributed by atoms with Crippen molar-refractivity contribution in [3.8, 4) is 0 Å². The van der Waals surface area contributed by atoms with Crippen molar-refractivity contribution in [1.82, 2.24) is 9.55 Å². The summed E-state index contributed by atoms with van der Waals surface area (Å²) in [4.78, 5) is 4.47. The van der Waals surface area contributed by atoms with Crippen LogP contribution in [0.1, 0.15) is 31.9 Å². The average molecular weight is 252 g/mol. The second-order valence-corrected chi connectivity index (χ2v) is 5.17. The third kappa shape index (κ3) is 2.01. The summed E-state index contributed by atoms with van der Waals surface area (Å²) in [5, 5.41) is 2.68. The zero-order valence-corrected chi connectivity index (χ0v) is 11.7. The lowest BCUT2D eigenvalue weighted by Gasteiger charge is -2.08. The van der Waals surface area contributed by atoms with E-state index in [0.717, 1.165) is 12.2 Å². The normalized spacial score (nSPS) is 11.5. The predicted molar refractivity (Wildman–Crippen MR) is 81.5 cm³/mol. The molecule has 0 amide bonds. The van der Waals surface area contributed by atoms with Crippen molar-refractivity contribution in [2.24, 2.45) is 0 Å². The summed E-state index contributed by atoms with van der Waals surface area (Å²) in [6.07, 6.45) is 5.70. The van der Waals surface area contributed by atoms with Crippen LogP contribution in [0.3, 0.4) is 0 Å². The third-order valence-corrected chi connectivity index (χ3v) is 3.85. The second kappa shape index (κ2) is 5.04. The molecular weight excluding hydrogens is 232 g/mol. The van der Waals surface area contributed by atoms with Crippen LogP contribution in [-0.2, 0) is 6.54 Å². The Morgan fingerprint density at radius 3 is 2.74 bits per heavy atom. The zero-order chi connectivity index (χ0) is 13.2. The third-order valence-electron chi connectivity index (χ3n) is 3.85. The molecule has 0 aliphatic rings. The maximum absolute atomic E-state index is 4.47. The minimum atomic E-state index is 1.09. The molecule has 0 aliphatic carbocycles. The van der Waals surface area contributed by atoms with Gasteiger partial charge in [0.1, 0.15) is 0 Å². The van der Waals surface area contributed by atoms with Crippen molar-refractivity contribution in [3.63, 3.8) is 0 Å². The summed E-state index contributed by atoms with van der Waals surface area (Å²) in [5.74, 6) is 0. The molecule has 3 aromatic rings. The first-order valence-corrected chi connectivity index (χ1v) is 7.15. The standard InChI is InChI=1S/C17H20N2/c1-3-4-7-12-19-16-9-6-5-8-14(16)15-10-11-18-13(2)17(15)19/h5-6,8-11H,3-4,7,12H2,1-2H3. The minimum absolute atomic E-state index is 1.09. The fraction of sp³-hybridized carbons (Fsp3) is 0.353. The monoisotopic (exact) mass is 252 g/mol. The van der Waals surface area contributed by atoms with Gasteiger partial charge in [-0.05, 0) is 25.5 Å². The van der Waals surface area contributed by atoms with Gasteiger partial charge in [-0.2, -0.15) is 0 Å². The minimum Gasteiger partial charge on any atom is -0.339 e. The molecule has 0 atom stereocenters. The Morgan fingerprint density at radius 2 is 1.89 bits per heavy atom. The van der Waals surface area contributed by atoms with Crippen LogP contribution >= 0.6 is 0 Å². The van der Waals surface area contributed by atoms with Gasteiger partial charge < -0.3 is 4.57 Å². The van der Waals surface area contributed by atoms with Crippen LogP contribution in [0.5, 0.6) is 0 Å². The number of aromatic nitrogens is 2. The summed E-state index contributed by atoms with van der Waals surface area (Å²) >= 11 is 0. The molecule has 2 aromatic heterocycles. The molecule has 19 heavy (non-hydrogen) atoms. The molecule has 0 saturated heterocycles. The first-order valence-electron chi connectivity index (χ1n) is 7.15. The zero-order valence-electron chi connectivity index (χ0n) is 11.7. The summed E-state index contributed by atoms with van der Waals surface area (Å²) in [6, 6.07) is 10.8. The Balaban J connectivity index is 2.25. The number of nitrogens with zero attached hydrogens (tertiary/aromatic N) is 2. The van der Waals surface area contributed by atoms with Crippen LogP contribution in [0.25, 0.3) is 21.8 Å². The van der Waals surface area contributed by atoms with E-state index in [2.05, 4.69) is 53.7 Å². The lowest BCUT2D eigenvalue weighted by atomic mass is 10.2. The number of unbranched alkanes of at least 4 members (excludes halogenated alkanes) is 2. The van der Waals surface area contributed by atoms with Gasteiger partial charge in [0, 0.05) is 29.0 Å². The Morgan fingerprint density at radius 1 is 1.05 bits per heavy atom. The highest BCUT2D eigenvalue weighted by Gasteiger charge is 2.11. The molecule has 0 fully saturated rings. The summed E-state index contributed by atoms with van der Waals surface area (Å²) < 4.78 is 2.45. The van der Waals surface area contributed by atoms with E-state index in [1.54, 1.807) is 0 Å². The fourth-order valence-electron chi connectivity index (χ4n) is 2.93. The molecule has 0 N–H and O–H groups in total. The van der Waals surface area contributed by atoms with Crippen LogP contribution in [0.4, 0.5) is 0 Å². The van der Waals surface area contributed by atoms with Gasteiger partial charge in [0.15, 0.2) is 0 Å². The number of hydrogen-bond donors (Lipinski definition) is 0. The van der Waals surface area contributed by atoms with Gasteiger partial charge in [-0.25, -0.2) is 0 Å². The fourth-order valence-corrected chi connectivity index (χ4v) is 2.93. The van der Waals surface area contributed by atoms with Gasteiger partial charge in [-0.1, -0.05) is 38.0 Å². The van der Waals surface area contributed by atoms with E-state index in [0.29, 0.717) is 0 Å². The Bertz CT molecular complexity index is 710. The molecule has 1 aromatic carbocycles. The van der Waals surface area contributed by atoms with E-state index in [1.165, 1.54) is 41.1 Å². The molecule has 0 spiro atoms. The van der Waals surface area contributed by atoms with Crippen molar-refractivity contribution < 1.29 is 0 Å². The van der Waals surface area contributed by atoms with Gasteiger partial charge >= 0.3 is 0 Å². The lowest BCUT2D eigenvalue weighted by Crippen LogP contribution is -1.99. The highest BCUT2D eigenvalue weighted by atomic mass is 15.0. The molecule has 0 unspecified atom stereocenters. The van der Waals surface area contributed by atoms with Gasteiger partial charge in [0.25, 0.3) is 0 Å². The van der Waals surface area contributed by atoms with Gasteiger partial charge in [-0.3, -0.25) is 4.98 Å². The molecule has 2 heteroatoms. The van der Waals surface area contributed by atoms with E-state index in [9.17, 15) is 0 Å². The van der Waals surface area contributed by atoms with Crippen molar-refractivity contribution in [2.45, 2.75) is 39.7 Å². The number of aryl methyl sites for hydroxylation is 2. The molecule has 0 saturated carbocycles. The van der Waals surface area contributed by atoms with Gasteiger partial charge in [0.05, 0.1) is 11.2 Å². The first kappa shape index (κ1) is 12.2. The molecular formula is C17H20N2. The van der Waals surface area contributed by atoms with Crippen molar-refractivity contribution in [3.05, 3.63) is 42.2 Å². The van der Waals surface area contributed by atoms with Crippen molar-refractivity contribution in [2.75, 3.05) is 0 Å². The molecule has 0 radical (unpaired) electrons. The maximum Gasteiger partial charge on any atom is 0.0707 e. The predicted octanol–water partition coefficient (Wildman–Crippen LogP) is 4.69. The molecule has 0 bridgehead atoms. The second-order valence-electron chi connectivity index (χ2n) is 5.17. The van der Waals surface area contributed by atoms with E-state index in [4.69, 9.17) is 0 Å². The van der Waals surface area contributed by atoms with Gasteiger partial charge in [-0.15, -0.1) is 0 Å². The Labute approximate surface area is 114 Å². The van der Waals surface area contributed by atoms with E-state index in [1.807, 2.05) is 6.20 Å². The molecule has 2 nitrogen and oxygen atoms in total. The van der Waals surface area contributed by atoms with Crippen LogP contribution in [0, 0.1) is 6.92 Å². The van der Waals surface area contributed by atoms with Crippen molar-refractivity contribution >= 4 is 21.8 Å². The van der Waals surface area contributed by atoms with E-state index in [-0.39, 0.29) is 0 Å². The summed E-state index contributed by atoms with van der Waals surface area (Å²) in [6.45, 7) is 5.45. The lowest BCUT2D eigenvalue weighted by molar-refractivity contribution is 0.626. The van der Waals surface area contributed by atoms with Gasteiger partial charge in [0.2, 0.25) is 0 Å². The first-order chi connectivity index (χ1) is 9.33. The van der Waals surface area contributed by atoms with Crippen LogP contribution < -0.4 is 0 Å². The number of fused-ring (bicyclic) bond motifs is 3. The van der Waals surface area contributed by atoms with E-state index < -0.39 is 0 Å². The number of pyridine rings is 1.